The van der Waals surface area contributed by atoms with Gasteiger partial charge >= 0.3 is 0 Å². The van der Waals surface area contributed by atoms with E-state index in [-0.39, 0.29) is 0 Å². The zero-order valence-corrected chi connectivity index (χ0v) is 17.2. The van der Waals surface area contributed by atoms with Crippen molar-refractivity contribution in [3.05, 3.63) is 70.8 Å². The summed E-state index contributed by atoms with van der Waals surface area (Å²) < 4.78 is 0. The second kappa shape index (κ2) is 10.6. The van der Waals surface area contributed by atoms with Gasteiger partial charge in [-0.3, -0.25) is 14.7 Å². The number of nitrogens with one attached hydrogen (secondary N) is 2. The predicted octanol–water partition coefficient (Wildman–Crippen LogP) is 2.64. The predicted molar refractivity (Wildman–Crippen MR) is 118 cm³/mol. The van der Waals surface area contributed by atoms with Crippen LogP contribution in [0.1, 0.15) is 46.3 Å². The molecule has 6 heteroatoms. The first-order chi connectivity index (χ1) is 14.1. The normalized spacial score (nSPS) is 15.1. The molecule has 3 rings (SSSR count). The summed E-state index contributed by atoms with van der Waals surface area (Å²) in [4.78, 5) is 18.0. The van der Waals surface area contributed by atoms with Crippen molar-refractivity contribution in [2.45, 2.75) is 38.9 Å². The van der Waals surface area contributed by atoms with E-state index < -0.39 is 5.91 Å². The third kappa shape index (κ3) is 6.61. The molecule has 0 saturated carbocycles. The summed E-state index contributed by atoms with van der Waals surface area (Å²) in [5, 5.41) is 6.63. The minimum absolute atomic E-state index is 0.413. The number of nitrogens with zero attached hydrogens (tertiary/aromatic N) is 2. The van der Waals surface area contributed by atoms with Gasteiger partial charge < -0.3 is 16.4 Å². The molecule has 4 N–H and O–H groups in total. The number of amides is 1. The van der Waals surface area contributed by atoms with Gasteiger partial charge in [-0.25, -0.2) is 0 Å². The molecule has 29 heavy (non-hydrogen) atoms. The Morgan fingerprint density at radius 2 is 1.41 bits per heavy atom. The van der Waals surface area contributed by atoms with Crippen molar-refractivity contribution in [3.8, 4) is 0 Å². The molecule has 1 saturated heterocycles. The lowest BCUT2D eigenvalue weighted by molar-refractivity contribution is 0.100. The molecule has 0 bridgehead atoms. The molecule has 2 aromatic carbocycles. The van der Waals surface area contributed by atoms with Crippen LogP contribution in [-0.2, 0) is 19.6 Å². The number of rotatable bonds is 7. The van der Waals surface area contributed by atoms with Gasteiger partial charge in [-0.05, 0) is 54.8 Å². The Morgan fingerprint density at radius 3 is 1.93 bits per heavy atom. The van der Waals surface area contributed by atoms with Crippen LogP contribution in [-0.4, -0.2) is 36.9 Å². The van der Waals surface area contributed by atoms with Crippen molar-refractivity contribution in [1.29, 1.82) is 0 Å². The maximum atomic E-state index is 11.1. The lowest BCUT2D eigenvalue weighted by atomic mass is 10.1. The molecule has 0 spiro atoms. The van der Waals surface area contributed by atoms with E-state index in [1.165, 1.54) is 43.5 Å². The van der Waals surface area contributed by atoms with E-state index in [0.29, 0.717) is 18.7 Å². The lowest BCUT2D eigenvalue weighted by Crippen LogP contribution is -2.36. The van der Waals surface area contributed by atoms with Crippen molar-refractivity contribution in [2.24, 2.45) is 10.7 Å². The van der Waals surface area contributed by atoms with Gasteiger partial charge in [0.15, 0.2) is 5.96 Å². The summed E-state index contributed by atoms with van der Waals surface area (Å²) in [6.07, 6.45) is 4.02. The number of primary amides is 1. The molecule has 0 aromatic heterocycles. The van der Waals surface area contributed by atoms with Gasteiger partial charge in [0.2, 0.25) is 5.91 Å². The van der Waals surface area contributed by atoms with Crippen LogP contribution in [0.5, 0.6) is 0 Å². The summed E-state index contributed by atoms with van der Waals surface area (Å²) in [6, 6.07) is 16.1. The van der Waals surface area contributed by atoms with E-state index in [4.69, 9.17) is 5.73 Å². The van der Waals surface area contributed by atoms with Gasteiger partial charge in [-0.15, -0.1) is 0 Å². The van der Waals surface area contributed by atoms with Gasteiger partial charge in [0.25, 0.3) is 0 Å². The summed E-state index contributed by atoms with van der Waals surface area (Å²) in [5.74, 6) is 0.324. The zero-order valence-electron chi connectivity index (χ0n) is 17.2. The number of hydrogen-bond donors (Lipinski definition) is 3. The van der Waals surface area contributed by atoms with E-state index in [1.54, 1.807) is 19.2 Å². The second-order valence-electron chi connectivity index (χ2n) is 7.49. The highest BCUT2D eigenvalue weighted by molar-refractivity contribution is 5.92. The van der Waals surface area contributed by atoms with Crippen LogP contribution >= 0.6 is 0 Å². The number of carbonyl (C=O) groups excluding carboxylic acids is 1. The van der Waals surface area contributed by atoms with Crippen molar-refractivity contribution >= 4 is 11.9 Å². The number of carbonyl (C=O) groups is 1. The molecule has 1 fully saturated rings. The minimum Gasteiger partial charge on any atom is -0.366 e. The Hall–Kier alpha value is -2.86. The molecule has 0 atom stereocenters. The Labute approximate surface area is 173 Å². The lowest BCUT2D eigenvalue weighted by Gasteiger charge is -2.26. The summed E-state index contributed by atoms with van der Waals surface area (Å²) in [5.41, 5.74) is 9.44. The number of aliphatic imine (C=N–C) groups is 1. The molecule has 1 aliphatic rings. The number of benzene rings is 2. The smallest absolute Gasteiger partial charge is 0.248 e. The highest BCUT2D eigenvalue weighted by Crippen LogP contribution is 2.13. The highest BCUT2D eigenvalue weighted by Gasteiger charge is 2.10. The standard InChI is InChI=1S/C23H31N5O/c1-25-23(27-16-19-9-11-21(12-10-19)22(24)29)26-15-18-5-7-20(8-6-18)17-28-13-3-2-4-14-28/h5-12H,2-4,13-17H2,1H3,(H2,24,29)(H2,25,26,27). The average molecular weight is 394 g/mol. The number of likely N-dealkylation sites (tertiary alicyclic amines) is 1. The Balaban J connectivity index is 1.44. The van der Waals surface area contributed by atoms with E-state index in [1.807, 2.05) is 12.1 Å². The largest absolute Gasteiger partial charge is 0.366 e. The molecule has 154 valence electrons. The van der Waals surface area contributed by atoms with E-state index in [9.17, 15) is 4.79 Å². The fourth-order valence-electron chi connectivity index (χ4n) is 3.52. The maximum absolute atomic E-state index is 11.1. The minimum atomic E-state index is -0.413. The molecular formula is C23H31N5O. The van der Waals surface area contributed by atoms with Crippen LogP contribution in [0.25, 0.3) is 0 Å². The first-order valence-corrected chi connectivity index (χ1v) is 10.3. The highest BCUT2D eigenvalue weighted by atomic mass is 16.1. The summed E-state index contributed by atoms with van der Waals surface area (Å²) in [6.45, 7) is 4.82. The number of guanidine groups is 1. The zero-order chi connectivity index (χ0) is 20.5. The Morgan fingerprint density at radius 1 is 0.897 bits per heavy atom. The summed E-state index contributed by atoms with van der Waals surface area (Å²) >= 11 is 0. The topological polar surface area (TPSA) is 82.8 Å². The van der Waals surface area contributed by atoms with Gasteiger partial charge in [0.1, 0.15) is 0 Å². The fraction of sp³-hybridized carbons (Fsp3) is 0.391. The molecule has 0 unspecified atom stereocenters. The van der Waals surface area contributed by atoms with Crippen LogP contribution in [0.2, 0.25) is 0 Å². The fourth-order valence-corrected chi connectivity index (χ4v) is 3.52. The maximum Gasteiger partial charge on any atom is 0.248 e. The van der Waals surface area contributed by atoms with Crippen LogP contribution in [0.4, 0.5) is 0 Å². The van der Waals surface area contributed by atoms with E-state index in [2.05, 4.69) is 44.8 Å². The molecule has 0 radical (unpaired) electrons. The third-order valence-electron chi connectivity index (χ3n) is 5.26. The van der Waals surface area contributed by atoms with Gasteiger partial charge in [0.05, 0.1) is 0 Å². The quantitative estimate of drug-likeness (QED) is 0.499. The van der Waals surface area contributed by atoms with Crippen LogP contribution in [0, 0.1) is 0 Å². The van der Waals surface area contributed by atoms with Crippen molar-refractivity contribution in [1.82, 2.24) is 15.5 Å². The number of hydrogen-bond acceptors (Lipinski definition) is 3. The summed E-state index contributed by atoms with van der Waals surface area (Å²) in [7, 11) is 1.76. The van der Waals surface area contributed by atoms with Crippen molar-refractivity contribution < 1.29 is 4.79 Å². The van der Waals surface area contributed by atoms with Crippen LogP contribution < -0.4 is 16.4 Å². The SMILES string of the molecule is CN=C(NCc1ccc(CN2CCCCC2)cc1)NCc1ccc(C(N)=O)cc1. The molecule has 0 aliphatic carbocycles. The van der Waals surface area contributed by atoms with E-state index >= 15 is 0 Å². The van der Waals surface area contributed by atoms with Crippen LogP contribution in [0.3, 0.4) is 0 Å². The van der Waals surface area contributed by atoms with Gasteiger partial charge in [0, 0.05) is 32.2 Å². The molecular weight excluding hydrogens is 362 g/mol. The first-order valence-electron chi connectivity index (χ1n) is 10.3. The van der Waals surface area contributed by atoms with Gasteiger partial charge in [-0.1, -0.05) is 42.8 Å². The first kappa shape index (κ1) is 20.9. The molecule has 1 heterocycles. The molecule has 2 aromatic rings. The van der Waals surface area contributed by atoms with Crippen molar-refractivity contribution in [3.63, 3.8) is 0 Å². The number of nitrogens with two attached hydrogens (primary N) is 1. The van der Waals surface area contributed by atoms with Gasteiger partial charge in [-0.2, -0.15) is 0 Å². The van der Waals surface area contributed by atoms with E-state index in [0.717, 1.165) is 18.1 Å². The van der Waals surface area contributed by atoms with Crippen molar-refractivity contribution in [2.75, 3.05) is 20.1 Å². The Kier molecular flexibility index (Phi) is 7.64. The Bertz CT molecular complexity index is 808. The second-order valence-corrected chi connectivity index (χ2v) is 7.49. The van der Waals surface area contributed by atoms with Crippen LogP contribution in [0.15, 0.2) is 53.5 Å². The molecule has 6 nitrogen and oxygen atoms in total. The third-order valence-corrected chi connectivity index (χ3v) is 5.26. The monoisotopic (exact) mass is 393 g/mol. The molecule has 1 aliphatic heterocycles. The number of piperidine rings is 1. The average Bonchev–Trinajstić information content (AvgIpc) is 2.76. The molecule has 1 amide bonds.